The van der Waals surface area contributed by atoms with E-state index in [-0.39, 0.29) is 24.5 Å². The number of aromatic nitrogens is 1. The van der Waals surface area contributed by atoms with E-state index < -0.39 is 46.4 Å². The summed E-state index contributed by atoms with van der Waals surface area (Å²) in [6.45, 7) is 1.11. The summed E-state index contributed by atoms with van der Waals surface area (Å²) in [4.78, 5) is 24.6. The summed E-state index contributed by atoms with van der Waals surface area (Å²) in [5.74, 6) is -2.34. The number of nitrogens with two attached hydrogens (primary N) is 1. The Kier molecular flexibility index (Phi) is 5.89. The summed E-state index contributed by atoms with van der Waals surface area (Å²) >= 11 is 0. The Bertz CT molecular complexity index is 968. The van der Waals surface area contributed by atoms with Gasteiger partial charge < -0.3 is 24.9 Å². The van der Waals surface area contributed by atoms with Crippen molar-refractivity contribution in [2.75, 3.05) is 26.4 Å². The molecular formula is C18H16F4N2O5. The van der Waals surface area contributed by atoms with Gasteiger partial charge in [0.1, 0.15) is 24.0 Å². The van der Waals surface area contributed by atoms with Crippen LogP contribution in [0.2, 0.25) is 0 Å². The van der Waals surface area contributed by atoms with Crippen LogP contribution in [0.25, 0.3) is 11.1 Å². The number of alkyl halides is 3. The first-order valence-corrected chi connectivity index (χ1v) is 8.43. The Morgan fingerprint density at radius 3 is 2.62 bits per heavy atom. The van der Waals surface area contributed by atoms with Crippen molar-refractivity contribution < 1.29 is 36.6 Å². The third-order valence-corrected chi connectivity index (χ3v) is 4.14. The van der Waals surface area contributed by atoms with Crippen LogP contribution in [0.4, 0.5) is 17.6 Å². The van der Waals surface area contributed by atoms with Gasteiger partial charge in [0.25, 0.3) is 11.5 Å². The van der Waals surface area contributed by atoms with Gasteiger partial charge in [-0.3, -0.25) is 9.59 Å². The van der Waals surface area contributed by atoms with Gasteiger partial charge in [0.2, 0.25) is 0 Å². The van der Waals surface area contributed by atoms with E-state index in [9.17, 15) is 27.2 Å². The van der Waals surface area contributed by atoms with Crippen molar-refractivity contribution >= 4 is 5.91 Å². The largest absolute Gasteiger partial charge is 0.488 e. The van der Waals surface area contributed by atoms with Gasteiger partial charge in [-0.15, -0.1) is 0 Å². The molecule has 3 N–H and O–H groups in total. The fraction of sp³-hybridized carbons (Fsp3) is 0.333. The first kappa shape index (κ1) is 20.8. The summed E-state index contributed by atoms with van der Waals surface area (Å²) in [5.41, 5.74) is 0.819. The highest BCUT2D eigenvalue weighted by Crippen LogP contribution is 2.36. The molecule has 0 saturated carbocycles. The van der Waals surface area contributed by atoms with E-state index >= 15 is 0 Å². The maximum absolute atomic E-state index is 14.4. The highest BCUT2D eigenvalue weighted by molar-refractivity contribution is 5.94. The number of halogens is 4. The molecule has 1 unspecified atom stereocenters. The minimum atomic E-state index is -4.95. The zero-order valence-corrected chi connectivity index (χ0v) is 14.8. The molecule has 156 valence electrons. The van der Waals surface area contributed by atoms with Crippen LogP contribution in [0.5, 0.6) is 5.75 Å². The van der Waals surface area contributed by atoms with Crippen LogP contribution >= 0.6 is 0 Å². The molecule has 1 fully saturated rings. The molecule has 2 heterocycles. The maximum atomic E-state index is 14.4. The maximum Gasteiger partial charge on any atom is 0.431 e. The van der Waals surface area contributed by atoms with Gasteiger partial charge in [0, 0.05) is 5.56 Å². The standard InChI is InChI=1S/C18H16F4N2O5/c19-13-5-9(1-2-14(13)29-8-10-7-27-3-4-28-10)11-6-12(16(23)25)17(26)24-15(11)18(20,21)22/h1-2,5-6,10H,3-4,7-8H2,(H2,23,25)(H,24,26). The summed E-state index contributed by atoms with van der Waals surface area (Å²) in [6, 6.07) is 3.81. The minimum absolute atomic E-state index is 0.00541. The molecule has 1 aliphatic rings. The number of aromatic amines is 1. The Balaban J connectivity index is 1.93. The Morgan fingerprint density at radius 2 is 2.03 bits per heavy atom. The van der Waals surface area contributed by atoms with E-state index in [0.29, 0.717) is 19.3 Å². The molecule has 7 nitrogen and oxygen atoms in total. The van der Waals surface area contributed by atoms with Gasteiger partial charge in [-0.05, 0) is 23.8 Å². The van der Waals surface area contributed by atoms with Crippen molar-refractivity contribution in [3.63, 3.8) is 0 Å². The number of carbonyl (C=O) groups is 1. The van der Waals surface area contributed by atoms with Gasteiger partial charge in [-0.25, -0.2) is 4.39 Å². The van der Waals surface area contributed by atoms with Gasteiger partial charge in [-0.2, -0.15) is 13.2 Å². The van der Waals surface area contributed by atoms with Crippen LogP contribution in [0.1, 0.15) is 16.1 Å². The zero-order valence-electron chi connectivity index (χ0n) is 14.8. The Hall–Kier alpha value is -2.92. The highest BCUT2D eigenvalue weighted by Gasteiger charge is 2.36. The van der Waals surface area contributed by atoms with Crippen LogP contribution in [0.3, 0.4) is 0 Å². The van der Waals surface area contributed by atoms with Crippen molar-refractivity contribution in [3.8, 4) is 16.9 Å². The lowest BCUT2D eigenvalue weighted by Crippen LogP contribution is -2.33. The van der Waals surface area contributed by atoms with Gasteiger partial charge in [-0.1, -0.05) is 6.07 Å². The molecule has 29 heavy (non-hydrogen) atoms. The number of hydrogen-bond acceptors (Lipinski definition) is 5. The molecule has 1 amide bonds. The van der Waals surface area contributed by atoms with E-state index in [4.69, 9.17) is 19.9 Å². The number of amides is 1. The van der Waals surface area contributed by atoms with Crippen LogP contribution in [-0.2, 0) is 15.7 Å². The van der Waals surface area contributed by atoms with Crippen molar-refractivity contribution in [2.24, 2.45) is 5.73 Å². The van der Waals surface area contributed by atoms with E-state index in [1.54, 1.807) is 4.98 Å². The number of primary amides is 1. The lowest BCUT2D eigenvalue weighted by Gasteiger charge is -2.23. The number of ether oxygens (including phenoxy) is 3. The molecule has 1 saturated heterocycles. The van der Waals surface area contributed by atoms with Crippen LogP contribution in [-0.4, -0.2) is 43.4 Å². The molecule has 1 aromatic carbocycles. The predicted molar refractivity (Wildman–Crippen MR) is 92.0 cm³/mol. The van der Waals surface area contributed by atoms with Crippen molar-refractivity contribution in [1.82, 2.24) is 4.98 Å². The van der Waals surface area contributed by atoms with Crippen LogP contribution in [0, 0.1) is 5.82 Å². The summed E-state index contributed by atoms with van der Waals surface area (Å²) in [6.07, 6.45) is -5.34. The number of hydrogen-bond donors (Lipinski definition) is 2. The second-order valence-corrected chi connectivity index (χ2v) is 6.19. The number of rotatable bonds is 5. The van der Waals surface area contributed by atoms with Gasteiger partial charge in [0.05, 0.1) is 19.8 Å². The lowest BCUT2D eigenvalue weighted by molar-refractivity contribution is -0.140. The second kappa shape index (κ2) is 8.21. The Labute approximate surface area is 161 Å². The summed E-state index contributed by atoms with van der Waals surface area (Å²) < 4.78 is 70.2. The van der Waals surface area contributed by atoms with Crippen LogP contribution < -0.4 is 16.0 Å². The fourth-order valence-electron chi connectivity index (χ4n) is 2.77. The van der Waals surface area contributed by atoms with E-state index in [1.165, 1.54) is 6.07 Å². The first-order valence-electron chi connectivity index (χ1n) is 8.43. The smallest absolute Gasteiger partial charge is 0.431 e. The lowest BCUT2D eigenvalue weighted by atomic mass is 10.0. The number of nitrogens with one attached hydrogen (secondary N) is 1. The minimum Gasteiger partial charge on any atom is -0.488 e. The van der Waals surface area contributed by atoms with Crippen LogP contribution in [0.15, 0.2) is 29.1 Å². The fourth-order valence-corrected chi connectivity index (χ4v) is 2.77. The van der Waals surface area contributed by atoms with E-state index in [0.717, 1.165) is 12.1 Å². The quantitative estimate of drug-likeness (QED) is 0.727. The molecule has 0 radical (unpaired) electrons. The topological polar surface area (TPSA) is 104 Å². The third kappa shape index (κ3) is 4.74. The van der Waals surface area contributed by atoms with Crippen molar-refractivity contribution in [3.05, 3.63) is 51.7 Å². The molecule has 0 spiro atoms. The molecule has 0 aliphatic carbocycles. The average molecular weight is 416 g/mol. The highest BCUT2D eigenvalue weighted by atomic mass is 19.4. The number of pyridine rings is 1. The molecule has 3 rings (SSSR count). The molecular weight excluding hydrogens is 400 g/mol. The molecule has 1 aromatic heterocycles. The summed E-state index contributed by atoms with van der Waals surface area (Å²) in [5, 5.41) is 0. The zero-order chi connectivity index (χ0) is 21.2. The molecule has 2 aromatic rings. The summed E-state index contributed by atoms with van der Waals surface area (Å²) in [7, 11) is 0. The molecule has 11 heteroatoms. The number of carbonyl (C=O) groups excluding carboxylic acids is 1. The number of H-pyrrole nitrogens is 1. The van der Waals surface area contributed by atoms with E-state index in [1.807, 2.05) is 0 Å². The average Bonchev–Trinajstić information content (AvgIpc) is 2.66. The predicted octanol–water partition coefficient (Wildman–Crippen LogP) is 2.09. The third-order valence-electron chi connectivity index (χ3n) is 4.14. The Morgan fingerprint density at radius 1 is 1.28 bits per heavy atom. The van der Waals surface area contributed by atoms with Crippen molar-refractivity contribution in [1.29, 1.82) is 0 Å². The normalized spacial score (nSPS) is 17.2. The van der Waals surface area contributed by atoms with Crippen molar-refractivity contribution in [2.45, 2.75) is 12.3 Å². The van der Waals surface area contributed by atoms with E-state index in [2.05, 4.69) is 0 Å². The van der Waals surface area contributed by atoms with Gasteiger partial charge >= 0.3 is 6.18 Å². The SMILES string of the molecule is NC(=O)c1cc(-c2ccc(OCC3COCCO3)c(F)c2)c(C(F)(F)F)[nH]c1=O. The molecule has 1 atom stereocenters. The first-order chi connectivity index (χ1) is 13.7. The number of benzene rings is 1. The second-order valence-electron chi connectivity index (χ2n) is 6.19. The monoisotopic (exact) mass is 416 g/mol. The molecule has 0 bridgehead atoms. The van der Waals surface area contributed by atoms with Gasteiger partial charge in [0.15, 0.2) is 11.6 Å². The molecule has 1 aliphatic heterocycles.